The summed E-state index contributed by atoms with van der Waals surface area (Å²) in [6, 6.07) is 23.3. The molecule has 0 spiro atoms. The highest BCUT2D eigenvalue weighted by atomic mass is 32.2. The number of benzene rings is 3. The maximum Gasteiger partial charge on any atom is 0.296 e. The van der Waals surface area contributed by atoms with E-state index >= 15 is 0 Å². The van der Waals surface area contributed by atoms with E-state index in [1.165, 1.54) is 10.8 Å². The molecule has 0 atom stereocenters. The first-order chi connectivity index (χ1) is 16.5. The lowest BCUT2D eigenvalue weighted by molar-refractivity contribution is 0.227. The molecule has 7 heteroatoms. The van der Waals surface area contributed by atoms with Crippen molar-refractivity contribution in [2.24, 2.45) is 5.92 Å². The van der Waals surface area contributed by atoms with Crippen LogP contribution in [0.1, 0.15) is 18.4 Å². The van der Waals surface area contributed by atoms with E-state index in [1.54, 1.807) is 30.5 Å². The fraction of sp³-hybridized carbons (Fsp3) is 0.259. The van der Waals surface area contributed by atoms with Crippen LogP contribution in [0.25, 0.3) is 22.0 Å². The number of anilines is 1. The van der Waals surface area contributed by atoms with Crippen LogP contribution in [-0.4, -0.2) is 38.1 Å². The fourth-order valence-electron chi connectivity index (χ4n) is 4.27. The molecular formula is C27H27N3O3S. The van der Waals surface area contributed by atoms with Crippen molar-refractivity contribution in [2.75, 3.05) is 24.6 Å². The first kappa shape index (κ1) is 22.5. The molecule has 0 bridgehead atoms. The molecule has 1 aliphatic heterocycles. The van der Waals surface area contributed by atoms with Gasteiger partial charge in [-0.05, 0) is 60.7 Å². The molecule has 3 aromatic carbocycles. The maximum absolute atomic E-state index is 12.5. The van der Waals surface area contributed by atoms with Crippen LogP contribution in [0.3, 0.4) is 0 Å². The van der Waals surface area contributed by atoms with Crippen LogP contribution in [0.5, 0.6) is 0 Å². The highest BCUT2D eigenvalue weighted by Crippen LogP contribution is 2.26. The van der Waals surface area contributed by atoms with E-state index < -0.39 is 10.1 Å². The molecule has 1 aliphatic rings. The number of rotatable bonds is 6. The van der Waals surface area contributed by atoms with Crippen molar-refractivity contribution >= 4 is 26.8 Å². The van der Waals surface area contributed by atoms with Crippen LogP contribution in [0.4, 0.5) is 5.95 Å². The van der Waals surface area contributed by atoms with Gasteiger partial charge < -0.3 is 4.90 Å². The summed E-state index contributed by atoms with van der Waals surface area (Å²) in [4.78, 5) is 11.7. The second-order valence-corrected chi connectivity index (χ2v) is 10.4. The smallest absolute Gasteiger partial charge is 0.296 e. The molecule has 34 heavy (non-hydrogen) atoms. The lowest BCUT2D eigenvalue weighted by Gasteiger charge is -2.31. The van der Waals surface area contributed by atoms with Gasteiger partial charge in [-0.25, -0.2) is 9.97 Å². The van der Waals surface area contributed by atoms with Crippen molar-refractivity contribution in [1.82, 2.24) is 9.97 Å². The number of hydrogen-bond acceptors (Lipinski definition) is 6. The number of aryl methyl sites for hydroxylation is 1. The van der Waals surface area contributed by atoms with Crippen LogP contribution >= 0.6 is 0 Å². The predicted octanol–water partition coefficient (Wildman–Crippen LogP) is 5.23. The molecular weight excluding hydrogens is 446 g/mol. The van der Waals surface area contributed by atoms with E-state index in [9.17, 15) is 8.42 Å². The molecule has 0 radical (unpaired) electrons. The average molecular weight is 474 g/mol. The van der Waals surface area contributed by atoms with E-state index in [2.05, 4.69) is 40.2 Å². The zero-order valence-electron chi connectivity index (χ0n) is 19.1. The van der Waals surface area contributed by atoms with Crippen molar-refractivity contribution in [1.29, 1.82) is 0 Å². The van der Waals surface area contributed by atoms with E-state index in [0.717, 1.165) is 42.8 Å². The number of nitrogens with zero attached hydrogens (tertiary/aromatic N) is 3. The van der Waals surface area contributed by atoms with Crippen molar-refractivity contribution in [3.05, 3.63) is 84.6 Å². The molecule has 0 N–H and O–H groups in total. The van der Waals surface area contributed by atoms with Crippen molar-refractivity contribution in [2.45, 2.75) is 24.7 Å². The SMILES string of the molecule is Cc1ccc(S(=O)(=O)OCC2CCN(c3nccc(-c4ccc5ccccc5c4)n3)CC2)cc1. The summed E-state index contributed by atoms with van der Waals surface area (Å²) in [6.45, 7) is 3.65. The molecule has 0 unspecified atom stereocenters. The Morgan fingerprint density at radius 1 is 0.941 bits per heavy atom. The number of fused-ring (bicyclic) bond motifs is 1. The summed E-state index contributed by atoms with van der Waals surface area (Å²) in [7, 11) is -3.73. The van der Waals surface area contributed by atoms with Gasteiger partial charge in [-0.1, -0.05) is 54.1 Å². The van der Waals surface area contributed by atoms with Gasteiger partial charge in [0.2, 0.25) is 5.95 Å². The number of aromatic nitrogens is 2. The Hall–Kier alpha value is -3.29. The first-order valence-corrected chi connectivity index (χ1v) is 12.9. The van der Waals surface area contributed by atoms with Crippen LogP contribution < -0.4 is 4.90 Å². The normalized spacial score (nSPS) is 15.0. The Kier molecular flexibility index (Phi) is 6.30. The minimum absolute atomic E-state index is 0.181. The highest BCUT2D eigenvalue weighted by Gasteiger charge is 2.24. The third-order valence-electron chi connectivity index (χ3n) is 6.35. The molecule has 4 aromatic rings. The Balaban J connectivity index is 1.21. The van der Waals surface area contributed by atoms with Gasteiger partial charge in [0.05, 0.1) is 17.2 Å². The van der Waals surface area contributed by atoms with Crippen molar-refractivity contribution < 1.29 is 12.6 Å². The maximum atomic E-state index is 12.5. The van der Waals surface area contributed by atoms with E-state index in [4.69, 9.17) is 9.17 Å². The second kappa shape index (κ2) is 9.52. The number of hydrogen-bond donors (Lipinski definition) is 0. The summed E-state index contributed by atoms with van der Waals surface area (Å²) in [5, 5.41) is 2.38. The monoisotopic (exact) mass is 473 g/mol. The van der Waals surface area contributed by atoms with Crippen LogP contribution in [0.15, 0.2) is 83.9 Å². The van der Waals surface area contributed by atoms with Gasteiger partial charge in [0, 0.05) is 24.8 Å². The predicted molar refractivity (Wildman–Crippen MR) is 134 cm³/mol. The van der Waals surface area contributed by atoms with Gasteiger partial charge in [-0.2, -0.15) is 8.42 Å². The minimum atomic E-state index is -3.73. The molecule has 5 rings (SSSR count). The summed E-state index contributed by atoms with van der Waals surface area (Å²) in [5.41, 5.74) is 2.97. The zero-order chi connectivity index (χ0) is 23.5. The molecule has 1 saturated heterocycles. The summed E-state index contributed by atoms with van der Waals surface area (Å²) in [5.74, 6) is 0.887. The minimum Gasteiger partial charge on any atom is -0.341 e. The quantitative estimate of drug-likeness (QED) is 0.357. The van der Waals surface area contributed by atoms with Crippen LogP contribution in [0, 0.1) is 12.8 Å². The molecule has 1 fully saturated rings. The third kappa shape index (κ3) is 4.95. The molecule has 0 amide bonds. The van der Waals surface area contributed by atoms with E-state index in [1.807, 2.05) is 25.1 Å². The molecule has 0 aliphatic carbocycles. The summed E-state index contributed by atoms with van der Waals surface area (Å²) >= 11 is 0. The molecule has 6 nitrogen and oxygen atoms in total. The Labute approximate surface area is 200 Å². The second-order valence-electron chi connectivity index (χ2n) is 8.79. The Morgan fingerprint density at radius 3 is 2.44 bits per heavy atom. The Morgan fingerprint density at radius 2 is 1.68 bits per heavy atom. The molecule has 0 saturated carbocycles. The first-order valence-electron chi connectivity index (χ1n) is 11.5. The molecule has 2 heterocycles. The average Bonchev–Trinajstić information content (AvgIpc) is 2.88. The van der Waals surface area contributed by atoms with E-state index in [0.29, 0.717) is 5.95 Å². The topological polar surface area (TPSA) is 72.4 Å². The van der Waals surface area contributed by atoms with Crippen molar-refractivity contribution in [3.8, 4) is 11.3 Å². The van der Waals surface area contributed by atoms with Gasteiger partial charge in [-0.3, -0.25) is 4.18 Å². The van der Waals surface area contributed by atoms with Crippen LogP contribution in [0.2, 0.25) is 0 Å². The standard InChI is InChI=1S/C27H27N3O3S/c1-20-6-10-25(11-7-20)34(31,32)33-19-21-13-16-30(17-14-21)27-28-15-12-26(29-27)24-9-8-22-4-2-3-5-23(22)18-24/h2-12,15,18,21H,13-14,16-17,19H2,1H3. The van der Waals surface area contributed by atoms with Gasteiger partial charge in [0.1, 0.15) is 0 Å². The fourth-order valence-corrected chi connectivity index (χ4v) is 5.25. The lowest BCUT2D eigenvalue weighted by Crippen LogP contribution is -2.36. The summed E-state index contributed by atoms with van der Waals surface area (Å²) < 4.78 is 30.3. The zero-order valence-corrected chi connectivity index (χ0v) is 19.9. The van der Waals surface area contributed by atoms with Gasteiger partial charge in [0.25, 0.3) is 10.1 Å². The van der Waals surface area contributed by atoms with Crippen LogP contribution in [-0.2, 0) is 14.3 Å². The van der Waals surface area contributed by atoms with Gasteiger partial charge in [-0.15, -0.1) is 0 Å². The molecule has 174 valence electrons. The van der Waals surface area contributed by atoms with Gasteiger partial charge >= 0.3 is 0 Å². The highest BCUT2D eigenvalue weighted by molar-refractivity contribution is 7.86. The lowest BCUT2D eigenvalue weighted by atomic mass is 9.98. The van der Waals surface area contributed by atoms with E-state index in [-0.39, 0.29) is 17.4 Å². The largest absolute Gasteiger partial charge is 0.341 e. The molecule has 1 aromatic heterocycles. The third-order valence-corrected chi connectivity index (χ3v) is 7.65. The number of piperidine rings is 1. The van der Waals surface area contributed by atoms with Crippen molar-refractivity contribution in [3.63, 3.8) is 0 Å². The summed E-state index contributed by atoms with van der Waals surface area (Å²) in [6.07, 6.45) is 3.45. The Bertz CT molecular complexity index is 1400. The van der Waals surface area contributed by atoms with Gasteiger partial charge in [0.15, 0.2) is 0 Å².